The number of carbonyl (C=O) groups is 1. The van der Waals surface area contributed by atoms with Crippen LogP contribution in [0.2, 0.25) is 0 Å². The molecule has 1 aromatic carbocycles. The molecule has 0 heterocycles. The van der Waals surface area contributed by atoms with Crippen molar-refractivity contribution >= 4 is 5.97 Å². The van der Waals surface area contributed by atoms with Crippen LogP contribution in [0.5, 0.6) is 11.5 Å². The molecule has 0 saturated carbocycles. The van der Waals surface area contributed by atoms with Crippen LogP contribution in [0.1, 0.15) is 44.0 Å². The van der Waals surface area contributed by atoms with Crippen LogP contribution < -0.4 is 9.47 Å². The molecular formula is C18H24O4. The minimum atomic E-state index is -1.01. The molecule has 0 spiro atoms. The van der Waals surface area contributed by atoms with Crippen LogP contribution in [-0.2, 0) is 0 Å². The normalized spacial score (nSPS) is 11.0. The second-order valence-corrected chi connectivity index (χ2v) is 5.35. The van der Waals surface area contributed by atoms with Crippen LogP contribution in [-0.4, -0.2) is 24.8 Å². The van der Waals surface area contributed by atoms with E-state index in [9.17, 15) is 4.79 Å². The molecule has 0 amide bonds. The van der Waals surface area contributed by atoms with Gasteiger partial charge in [-0.3, -0.25) is 0 Å². The van der Waals surface area contributed by atoms with Crippen LogP contribution >= 0.6 is 0 Å². The topological polar surface area (TPSA) is 55.8 Å². The number of hydrogen-bond acceptors (Lipinski definition) is 3. The number of rotatable bonds is 8. The van der Waals surface area contributed by atoms with E-state index in [0.29, 0.717) is 18.1 Å². The van der Waals surface area contributed by atoms with Gasteiger partial charge < -0.3 is 14.6 Å². The largest absolute Gasteiger partial charge is 0.497 e. The van der Waals surface area contributed by atoms with Crippen LogP contribution in [0.25, 0.3) is 0 Å². The van der Waals surface area contributed by atoms with E-state index in [1.54, 1.807) is 12.1 Å². The molecule has 1 N–H and O–H groups in total. The molecule has 0 aliphatic carbocycles. The van der Waals surface area contributed by atoms with Gasteiger partial charge in [-0.15, -0.1) is 0 Å². The van der Waals surface area contributed by atoms with Gasteiger partial charge in [-0.2, -0.15) is 0 Å². The van der Waals surface area contributed by atoms with Crippen LogP contribution in [0.15, 0.2) is 41.5 Å². The highest BCUT2D eigenvalue weighted by atomic mass is 16.5. The molecule has 0 bridgehead atoms. The first-order chi connectivity index (χ1) is 10.4. The fourth-order valence-corrected chi connectivity index (χ4v) is 1.89. The lowest BCUT2D eigenvalue weighted by atomic mass is 10.1. The van der Waals surface area contributed by atoms with E-state index in [0.717, 1.165) is 12.8 Å². The van der Waals surface area contributed by atoms with Gasteiger partial charge in [-0.05, 0) is 51.8 Å². The predicted molar refractivity (Wildman–Crippen MR) is 87.9 cm³/mol. The molecule has 0 aliphatic rings. The molecule has 0 aromatic heterocycles. The summed E-state index contributed by atoms with van der Waals surface area (Å²) in [5.74, 6) is -0.119. The number of methoxy groups -OCH3 is 1. The smallest absolute Gasteiger partial charge is 0.339 e. The minimum Gasteiger partial charge on any atom is -0.497 e. The Bertz CT molecular complexity index is 566. The van der Waals surface area contributed by atoms with Gasteiger partial charge in [0.1, 0.15) is 23.7 Å². The Labute approximate surface area is 132 Å². The van der Waals surface area contributed by atoms with Gasteiger partial charge in [0.15, 0.2) is 0 Å². The van der Waals surface area contributed by atoms with E-state index in [1.807, 2.05) is 13.0 Å². The van der Waals surface area contributed by atoms with E-state index in [1.165, 1.54) is 24.3 Å². The predicted octanol–water partition coefficient (Wildman–Crippen LogP) is 4.46. The first-order valence-electron chi connectivity index (χ1n) is 7.27. The molecule has 0 saturated heterocycles. The molecule has 1 rings (SSSR count). The van der Waals surface area contributed by atoms with Crippen LogP contribution in [0.3, 0.4) is 0 Å². The number of hydrogen-bond donors (Lipinski definition) is 1. The van der Waals surface area contributed by atoms with Crippen molar-refractivity contribution in [3.63, 3.8) is 0 Å². The maximum absolute atomic E-state index is 11.2. The van der Waals surface area contributed by atoms with Gasteiger partial charge in [0, 0.05) is 6.07 Å². The summed E-state index contributed by atoms with van der Waals surface area (Å²) < 4.78 is 10.7. The second-order valence-electron chi connectivity index (χ2n) is 5.35. The minimum absolute atomic E-state index is 0.136. The van der Waals surface area contributed by atoms with Crippen molar-refractivity contribution in [3.05, 3.63) is 47.1 Å². The lowest BCUT2D eigenvalue weighted by Gasteiger charge is -2.09. The first-order valence-corrected chi connectivity index (χ1v) is 7.27. The summed E-state index contributed by atoms with van der Waals surface area (Å²) in [6.45, 7) is 6.55. The fraction of sp³-hybridized carbons (Fsp3) is 0.389. The maximum atomic E-state index is 11.2. The summed E-state index contributed by atoms with van der Waals surface area (Å²) in [5.41, 5.74) is 2.67. The van der Waals surface area contributed by atoms with E-state index in [-0.39, 0.29) is 5.56 Å². The zero-order valence-corrected chi connectivity index (χ0v) is 13.7. The fourth-order valence-electron chi connectivity index (χ4n) is 1.89. The average Bonchev–Trinajstić information content (AvgIpc) is 2.46. The van der Waals surface area contributed by atoms with Crippen LogP contribution in [0, 0.1) is 0 Å². The Morgan fingerprint density at radius 3 is 2.55 bits per heavy atom. The molecule has 4 nitrogen and oxygen atoms in total. The highest BCUT2D eigenvalue weighted by Crippen LogP contribution is 2.25. The van der Waals surface area contributed by atoms with Crippen molar-refractivity contribution in [2.75, 3.05) is 13.7 Å². The lowest BCUT2D eigenvalue weighted by Crippen LogP contribution is -2.04. The molecule has 1 aromatic rings. The molecule has 0 radical (unpaired) electrons. The van der Waals surface area contributed by atoms with E-state index < -0.39 is 5.97 Å². The quantitative estimate of drug-likeness (QED) is 0.720. The van der Waals surface area contributed by atoms with Crippen molar-refractivity contribution in [1.82, 2.24) is 0 Å². The Morgan fingerprint density at radius 1 is 1.23 bits per heavy atom. The summed E-state index contributed by atoms with van der Waals surface area (Å²) in [4.78, 5) is 11.2. The van der Waals surface area contributed by atoms with Gasteiger partial charge in [-0.1, -0.05) is 17.2 Å². The zero-order chi connectivity index (χ0) is 16.5. The summed E-state index contributed by atoms with van der Waals surface area (Å²) in [5, 5.41) is 9.16. The Kier molecular flexibility index (Phi) is 7.23. The third kappa shape index (κ3) is 6.04. The molecule has 22 heavy (non-hydrogen) atoms. The Morgan fingerprint density at radius 2 is 1.95 bits per heavy atom. The van der Waals surface area contributed by atoms with Gasteiger partial charge >= 0.3 is 5.97 Å². The third-order valence-corrected chi connectivity index (χ3v) is 3.18. The average molecular weight is 304 g/mol. The Balaban J connectivity index is 2.66. The van der Waals surface area contributed by atoms with Gasteiger partial charge in [0.2, 0.25) is 0 Å². The SMILES string of the molecule is COc1ccc(C(=O)O)c(OCC=C(C)CCC=C(C)C)c1. The highest BCUT2D eigenvalue weighted by Gasteiger charge is 2.12. The van der Waals surface area contributed by atoms with Gasteiger partial charge in [0.25, 0.3) is 0 Å². The summed E-state index contributed by atoms with van der Waals surface area (Å²) >= 11 is 0. The maximum Gasteiger partial charge on any atom is 0.339 e. The number of carboxylic acid groups (broad SMARTS) is 1. The molecule has 4 heteroatoms. The second kappa shape index (κ2) is 8.93. The number of ether oxygens (including phenoxy) is 2. The standard InChI is InChI=1S/C18H24O4/c1-13(2)6-5-7-14(3)10-11-22-17-12-15(21-4)8-9-16(17)18(19)20/h6,8-10,12H,5,7,11H2,1-4H3,(H,19,20). The summed E-state index contributed by atoms with van der Waals surface area (Å²) in [6.07, 6.45) is 6.15. The zero-order valence-electron chi connectivity index (χ0n) is 13.7. The van der Waals surface area contributed by atoms with Crippen molar-refractivity contribution in [3.8, 4) is 11.5 Å². The number of benzene rings is 1. The molecule has 0 aliphatic heterocycles. The molecule has 120 valence electrons. The number of aromatic carboxylic acids is 1. The molecule has 0 atom stereocenters. The van der Waals surface area contributed by atoms with Crippen molar-refractivity contribution in [1.29, 1.82) is 0 Å². The molecular weight excluding hydrogens is 280 g/mol. The monoisotopic (exact) mass is 304 g/mol. The van der Waals surface area contributed by atoms with E-state index >= 15 is 0 Å². The van der Waals surface area contributed by atoms with Gasteiger partial charge in [0.05, 0.1) is 7.11 Å². The van der Waals surface area contributed by atoms with Crippen LogP contribution in [0.4, 0.5) is 0 Å². The van der Waals surface area contributed by atoms with Crippen molar-refractivity contribution < 1.29 is 19.4 Å². The number of carboxylic acids is 1. The molecule has 0 unspecified atom stereocenters. The van der Waals surface area contributed by atoms with E-state index in [4.69, 9.17) is 14.6 Å². The first kappa shape index (κ1) is 17.8. The highest BCUT2D eigenvalue weighted by molar-refractivity contribution is 5.91. The van der Waals surface area contributed by atoms with E-state index in [2.05, 4.69) is 19.9 Å². The summed E-state index contributed by atoms with van der Waals surface area (Å²) in [7, 11) is 1.53. The lowest BCUT2D eigenvalue weighted by molar-refractivity contribution is 0.0692. The van der Waals surface area contributed by atoms with Crippen molar-refractivity contribution in [2.45, 2.75) is 33.6 Å². The Hall–Kier alpha value is -2.23. The summed E-state index contributed by atoms with van der Waals surface area (Å²) in [6, 6.07) is 4.69. The third-order valence-electron chi connectivity index (χ3n) is 3.18. The van der Waals surface area contributed by atoms with Gasteiger partial charge in [-0.25, -0.2) is 4.79 Å². The van der Waals surface area contributed by atoms with Crippen molar-refractivity contribution in [2.24, 2.45) is 0 Å². The number of allylic oxidation sites excluding steroid dienone is 3. The molecule has 0 fully saturated rings.